The Labute approximate surface area is 307 Å². The molecule has 0 aliphatic heterocycles. The molecule has 0 bridgehead atoms. The SMILES string of the molecule is CC(C)(C)[S@@](=O)N=Cc1cccc(OC(F)(F)F)c1.CCOC(=O)CBr.CCOC(=O)C[C@H](N[S@](=O)C(C)(C)C)c1cccc(OC(F)(F)F)c1. The fourth-order valence-corrected chi connectivity index (χ4v) is 4.63. The van der Waals surface area contributed by atoms with E-state index in [1.54, 1.807) is 61.5 Å². The van der Waals surface area contributed by atoms with E-state index in [9.17, 15) is 44.3 Å². The van der Waals surface area contributed by atoms with Crippen LogP contribution in [0, 0.1) is 0 Å². The van der Waals surface area contributed by atoms with Gasteiger partial charge in [-0.15, -0.1) is 26.3 Å². The monoisotopic (exact) mass is 840 g/mol. The van der Waals surface area contributed by atoms with Crippen molar-refractivity contribution in [2.75, 3.05) is 18.5 Å². The third-order valence-corrected chi connectivity index (χ3v) is 8.72. The minimum atomic E-state index is -4.82. The zero-order valence-electron chi connectivity index (χ0n) is 29.3. The number of esters is 2. The second-order valence-corrected chi connectivity index (χ2v) is 16.3. The second kappa shape index (κ2) is 22.1. The number of carbonyl (C=O) groups excluding carboxylic acids is 2. The molecule has 0 radical (unpaired) electrons. The molecule has 0 heterocycles. The molecule has 2 aromatic carbocycles. The Kier molecular flexibility index (Phi) is 20.8. The predicted molar refractivity (Wildman–Crippen MR) is 187 cm³/mol. The molecule has 0 amide bonds. The highest BCUT2D eigenvalue weighted by Gasteiger charge is 2.32. The number of carbonyl (C=O) groups is 2. The molecule has 0 aliphatic rings. The zero-order chi connectivity index (χ0) is 39.6. The topological polar surface area (TPSA) is 130 Å². The van der Waals surface area contributed by atoms with Gasteiger partial charge in [-0.05, 0) is 90.8 Å². The van der Waals surface area contributed by atoms with Crippen LogP contribution in [0.1, 0.15) is 79.0 Å². The van der Waals surface area contributed by atoms with E-state index in [-0.39, 0.29) is 24.7 Å². The van der Waals surface area contributed by atoms with E-state index < -0.39 is 62.0 Å². The Morgan fingerprint density at radius 1 is 0.804 bits per heavy atom. The van der Waals surface area contributed by atoms with Gasteiger partial charge in [-0.3, -0.25) is 9.59 Å². The second-order valence-electron chi connectivity index (χ2n) is 11.8. The van der Waals surface area contributed by atoms with Gasteiger partial charge in [-0.2, -0.15) is 4.40 Å². The van der Waals surface area contributed by atoms with Gasteiger partial charge in [0.1, 0.15) is 27.8 Å². The molecule has 0 saturated heterocycles. The summed E-state index contributed by atoms with van der Waals surface area (Å²) in [6.45, 7) is 14.5. The lowest BCUT2D eigenvalue weighted by atomic mass is 10.0. The number of ether oxygens (including phenoxy) is 4. The van der Waals surface area contributed by atoms with Gasteiger partial charge < -0.3 is 18.9 Å². The Morgan fingerprint density at radius 2 is 1.29 bits per heavy atom. The Bertz CT molecular complexity index is 1460. The summed E-state index contributed by atoms with van der Waals surface area (Å²) < 4.78 is 120. The predicted octanol–water partition coefficient (Wildman–Crippen LogP) is 8.04. The molecule has 10 nitrogen and oxygen atoms in total. The van der Waals surface area contributed by atoms with Crippen molar-refractivity contribution in [3.8, 4) is 11.5 Å². The number of nitrogens with one attached hydrogen (secondary N) is 1. The molecule has 0 aromatic heterocycles. The fraction of sp³-hybridized carbons (Fsp3) is 0.531. The zero-order valence-corrected chi connectivity index (χ0v) is 32.5. The van der Waals surface area contributed by atoms with E-state index in [0.717, 1.165) is 12.1 Å². The molecular weight excluding hydrogens is 798 g/mol. The summed E-state index contributed by atoms with van der Waals surface area (Å²) in [5, 5.41) is 0.292. The molecule has 3 atom stereocenters. The third-order valence-electron chi connectivity index (χ3n) is 5.30. The van der Waals surface area contributed by atoms with E-state index in [4.69, 9.17) is 4.74 Å². The molecule has 19 heteroatoms. The van der Waals surface area contributed by atoms with Gasteiger partial charge >= 0.3 is 24.7 Å². The summed E-state index contributed by atoms with van der Waals surface area (Å²) in [6, 6.07) is 9.74. The molecule has 0 saturated carbocycles. The summed E-state index contributed by atoms with van der Waals surface area (Å²) in [5.41, 5.74) is 0.728. The van der Waals surface area contributed by atoms with Crippen molar-refractivity contribution < 1.29 is 63.3 Å². The van der Waals surface area contributed by atoms with Crippen LogP contribution in [0.5, 0.6) is 11.5 Å². The number of benzene rings is 2. The Hall–Kier alpha value is -3.03. The summed E-state index contributed by atoms with van der Waals surface area (Å²) in [7, 11) is -2.99. The summed E-state index contributed by atoms with van der Waals surface area (Å²) in [5.74, 6) is -1.50. The normalized spacial score (nSPS) is 13.8. The van der Waals surface area contributed by atoms with Gasteiger partial charge in [0.2, 0.25) is 0 Å². The smallest absolute Gasteiger partial charge is 0.466 e. The van der Waals surface area contributed by atoms with Crippen molar-refractivity contribution in [3.63, 3.8) is 0 Å². The van der Waals surface area contributed by atoms with Crippen LogP contribution in [-0.4, -0.2) is 67.3 Å². The molecule has 0 fully saturated rings. The third kappa shape index (κ3) is 23.2. The Morgan fingerprint density at radius 3 is 1.73 bits per heavy atom. The van der Waals surface area contributed by atoms with Crippen LogP contribution in [0.4, 0.5) is 26.3 Å². The molecule has 51 heavy (non-hydrogen) atoms. The lowest BCUT2D eigenvalue weighted by molar-refractivity contribution is -0.275. The number of rotatable bonds is 12. The van der Waals surface area contributed by atoms with Gasteiger partial charge in [-0.1, -0.05) is 40.2 Å². The summed E-state index contributed by atoms with van der Waals surface area (Å²) >= 11 is 2.94. The maximum absolute atomic E-state index is 12.4. The minimum absolute atomic E-state index is 0.172. The van der Waals surface area contributed by atoms with E-state index in [2.05, 4.69) is 39.3 Å². The first-order chi connectivity index (χ1) is 23.3. The van der Waals surface area contributed by atoms with Crippen molar-refractivity contribution in [3.05, 3.63) is 59.7 Å². The van der Waals surface area contributed by atoms with Crippen molar-refractivity contribution >= 4 is 56.1 Å². The van der Waals surface area contributed by atoms with E-state index in [1.807, 2.05) is 0 Å². The molecular formula is C32H43BrF6N2O8S2. The standard InChI is InChI=1S/C16H22F3NO4S.C12H14F3NO2S.C4H7BrO2/c1-5-23-14(21)10-13(20-25(22)15(2,3)4)11-7-6-8-12(9-11)24-16(17,18)19;1-11(2,3)19(17)16-8-9-5-4-6-10(7-9)18-12(13,14)15;1-2-7-4(6)3-5/h6-9,13,20H,5,10H2,1-4H3;4-8H,1-3H3;2-3H2,1H3/t13-,25+;19-;/m01./s1. The lowest BCUT2D eigenvalue weighted by Crippen LogP contribution is -2.36. The highest BCUT2D eigenvalue weighted by molar-refractivity contribution is 9.09. The number of halogens is 7. The average molecular weight is 842 g/mol. The highest BCUT2D eigenvalue weighted by Crippen LogP contribution is 2.28. The maximum Gasteiger partial charge on any atom is 0.573 e. The average Bonchev–Trinajstić information content (AvgIpc) is 2.98. The van der Waals surface area contributed by atoms with Crippen LogP contribution in [-0.2, 0) is 41.0 Å². The van der Waals surface area contributed by atoms with Gasteiger partial charge in [0.25, 0.3) is 0 Å². The fourth-order valence-electron chi connectivity index (χ4n) is 3.11. The first-order valence-electron chi connectivity index (χ1n) is 15.0. The van der Waals surface area contributed by atoms with Gasteiger partial charge in [-0.25, -0.2) is 13.1 Å². The van der Waals surface area contributed by atoms with Gasteiger partial charge in [0.15, 0.2) is 0 Å². The van der Waals surface area contributed by atoms with Crippen LogP contribution >= 0.6 is 15.9 Å². The largest absolute Gasteiger partial charge is 0.573 e. The summed E-state index contributed by atoms with van der Waals surface area (Å²) in [4.78, 5) is 21.9. The van der Waals surface area contributed by atoms with Gasteiger partial charge in [0.05, 0.1) is 46.2 Å². The Balaban J connectivity index is 0.000000846. The molecule has 0 unspecified atom stereocenters. The van der Waals surface area contributed by atoms with E-state index in [0.29, 0.717) is 23.1 Å². The molecule has 0 aliphatic carbocycles. The first-order valence-corrected chi connectivity index (χ1v) is 18.4. The quantitative estimate of drug-likeness (QED) is 0.0985. The van der Waals surface area contributed by atoms with Crippen molar-refractivity contribution in [1.29, 1.82) is 0 Å². The number of hydrogen-bond donors (Lipinski definition) is 1. The van der Waals surface area contributed by atoms with Crippen molar-refractivity contribution in [2.24, 2.45) is 4.40 Å². The molecule has 290 valence electrons. The van der Waals surface area contributed by atoms with Gasteiger partial charge in [0, 0.05) is 6.21 Å². The maximum atomic E-state index is 12.4. The minimum Gasteiger partial charge on any atom is -0.466 e. The van der Waals surface area contributed by atoms with Crippen LogP contribution in [0.3, 0.4) is 0 Å². The molecule has 2 rings (SSSR count). The van der Waals surface area contributed by atoms with Crippen LogP contribution in [0.25, 0.3) is 0 Å². The van der Waals surface area contributed by atoms with Crippen molar-refractivity contribution in [2.45, 2.75) is 90.1 Å². The van der Waals surface area contributed by atoms with Crippen LogP contribution < -0.4 is 14.2 Å². The van der Waals surface area contributed by atoms with Crippen LogP contribution in [0.2, 0.25) is 0 Å². The first kappa shape index (κ1) is 48.0. The molecule has 2 aromatic rings. The highest BCUT2D eigenvalue weighted by atomic mass is 79.9. The molecule has 0 spiro atoms. The van der Waals surface area contributed by atoms with Crippen LogP contribution in [0.15, 0.2) is 52.9 Å². The van der Waals surface area contributed by atoms with E-state index in [1.165, 1.54) is 36.5 Å². The lowest BCUT2D eigenvalue weighted by Gasteiger charge is -2.24. The molecule has 1 N–H and O–H groups in total. The number of alkyl halides is 7. The number of nitrogens with zero attached hydrogens (tertiary/aromatic N) is 1. The van der Waals surface area contributed by atoms with Crippen molar-refractivity contribution in [1.82, 2.24) is 4.72 Å². The number of hydrogen-bond acceptors (Lipinski definition) is 8. The van der Waals surface area contributed by atoms with E-state index >= 15 is 0 Å². The summed E-state index contributed by atoms with van der Waals surface area (Å²) in [6.07, 6.45) is -8.46.